The molecule has 0 atom stereocenters. The van der Waals surface area contributed by atoms with Gasteiger partial charge in [0.15, 0.2) is 0 Å². The van der Waals surface area contributed by atoms with Crippen LogP contribution in [0, 0.1) is 0 Å². The summed E-state index contributed by atoms with van der Waals surface area (Å²) < 4.78 is 31.6. The molecule has 8 heteroatoms. The van der Waals surface area contributed by atoms with Crippen LogP contribution in [0.2, 0.25) is 0 Å². The molecule has 0 aromatic heterocycles. The van der Waals surface area contributed by atoms with Crippen molar-refractivity contribution in [2.24, 2.45) is 0 Å². The Morgan fingerprint density at radius 3 is 1.12 bits per heavy atom. The predicted octanol–water partition coefficient (Wildman–Crippen LogP) is -0.496. The van der Waals surface area contributed by atoms with Gasteiger partial charge in [-0.05, 0) is 0 Å². The molecule has 0 saturated carbocycles. The van der Waals surface area contributed by atoms with Crippen LogP contribution >= 0.6 is 0 Å². The average Bonchev–Trinajstić information content (AvgIpc) is 0.722. The van der Waals surface area contributed by atoms with Crippen LogP contribution in [0.3, 0.4) is 0 Å². The van der Waals surface area contributed by atoms with E-state index in [-0.39, 0.29) is 41.8 Å². The van der Waals surface area contributed by atoms with Crippen molar-refractivity contribution in [1.82, 2.24) is 6.15 Å². The van der Waals surface area contributed by atoms with Crippen molar-refractivity contribution in [3.8, 4) is 0 Å². The van der Waals surface area contributed by atoms with Crippen LogP contribution in [0.15, 0.2) is 0 Å². The van der Waals surface area contributed by atoms with Gasteiger partial charge >= 0.3 is 10.4 Å². The van der Waals surface area contributed by atoms with E-state index in [2.05, 4.69) is 0 Å². The number of hydrogen-bond donors (Lipinski definition) is 3. The Kier molecular flexibility index (Phi) is 22.9. The molecule has 0 saturated heterocycles. The summed E-state index contributed by atoms with van der Waals surface area (Å²) in [6.45, 7) is 0. The minimum atomic E-state index is -4.67. The first-order valence-corrected chi connectivity index (χ1v) is 2.10. The molecule has 0 aromatic rings. The molecule has 8 heavy (non-hydrogen) atoms. The summed E-state index contributed by atoms with van der Waals surface area (Å²) in [5.41, 5.74) is 0. The van der Waals surface area contributed by atoms with Crippen LogP contribution in [0.5, 0.6) is 0 Å². The van der Waals surface area contributed by atoms with Crippen LogP contribution in [-0.2, 0) is 46.0 Å². The van der Waals surface area contributed by atoms with E-state index in [1.807, 2.05) is 0 Å². The van der Waals surface area contributed by atoms with E-state index < -0.39 is 10.4 Å². The van der Waals surface area contributed by atoms with Crippen molar-refractivity contribution < 1.29 is 53.1 Å². The first-order chi connectivity index (χ1) is 2.00. The zero-order valence-electron chi connectivity index (χ0n) is 3.63. The van der Waals surface area contributed by atoms with Crippen molar-refractivity contribution in [3.05, 3.63) is 0 Å². The van der Waals surface area contributed by atoms with Crippen LogP contribution in [0.1, 0.15) is 0 Å². The minimum absolute atomic E-state index is 0. The molecule has 5 N–H and O–H groups in total. The maximum absolute atomic E-state index is 8.74. The maximum Gasteiger partial charge on any atom is 0.394 e. The molecule has 53 valence electrons. The molecule has 0 rings (SSSR count). The molecule has 0 aliphatic rings. The fourth-order valence-corrected chi connectivity index (χ4v) is 0. The normalized spacial score (nSPS) is 7.25. The molecular formula is H5FeNO4SV. The second kappa shape index (κ2) is 7.93. The zero-order chi connectivity index (χ0) is 4.50. The second-order valence-electron chi connectivity index (χ2n) is 0.448. The third kappa shape index (κ3) is 280. The number of hydrogen-bond acceptors (Lipinski definition) is 3. The standard InChI is InChI=1S/Fe.H3N.H2O4S.V/c;;1-5(2,3)4;/h;1H3;(H2,1,2,3,4);. The Hall–Kier alpha value is 0.934. The second-order valence-corrected chi connectivity index (χ2v) is 1.34. The molecule has 0 heterocycles. The first-order valence-electron chi connectivity index (χ1n) is 0.698. The summed E-state index contributed by atoms with van der Waals surface area (Å²) in [6.07, 6.45) is 0. The van der Waals surface area contributed by atoms with Gasteiger partial charge in [-0.25, -0.2) is 0 Å². The summed E-state index contributed by atoms with van der Waals surface area (Å²) in [6, 6.07) is 0. The van der Waals surface area contributed by atoms with Crippen molar-refractivity contribution >= 4 is 10.4 Å². The van der Waals surface area contributed by atoms with E-state index in [9.17, 15) is 0 Å². The van der Waals surface area contributed by atoms with Gasteiger partial charge < -0.3 is 6.15 Å². The SMILES string of the molecule is N.O=S(=O)(O)O.[Fe].[V]. The third-order valence-corrected chi connectivity index (χ3v) is 0. The van der Waals surface area contributed by atoms with Crippen molar-refractivity contribution in [2.45, 2.75) is 0 Å². The van der Waals surface area contributed by atoms with Gasteiger partial charge in [0.05, 0.1) is 0 Å². The topological polar surface area (TPSA) is 110 Å². The largest absolute Gasteiger partial charge is 0.394 e. The predicted molar refractivity (Wildman–Crippen MR) is 19.2 cm³/mol. The van der Waals surface area contributed by atoms with Gasteiger partial charge in [0, 0.05) is 35.6 Å². The Morgan fingerprint density at radius 1 is 1.12 bits per heavy atom. The van der Waals surface area contributed by atoms with Crippen molar-refractivity contribution in [2.75, 3.05) is 0 Å². The van der Waals surface area contributed by atoms with E-state index in [4.69, 9.17) is 17.5 Å². The molecule has 5 nitrogen and oxygen atoms in total. The van der Waals surface area contributed by atoms with Gasteiger partial charge in [-0.15, -0.1) is 0 Å². The Balaban J connectivity index is -0.0000000267. The zero-order valence-corrected chi connectivity index (χ0v) is 6.94. The monoisotopic (exact) mass is 222 g/mol. The summed E-state index contributed by atoms with van der Waals surface area (Å²) in [7, 11) is -4.67. The summed E-state index contributed by atoms with van der Waals surface area (Å²) >= 11 is 0. The molecule has 0 bridgehead atoms. The molecular weight excluding hydrogens is 217 g/mol. The molecule has 0 spiro atoms. The van der Waals surface area contributed by atoms with E-state index in [1.54, 1.807) is 0 Å². The first kappa shape index (κ1) is 23.1. The Labute approximate surface area is 69.7 Å². The fourth-order valence-electron chi connectivity index (χ4n) is 0. The molecule has 0 fully saturated rings. The molecule has 1 radical (unpaired) electrons. The van der Waals surface area contributed by atoms with E-state index in [0.29, 0.717) is 0 Å². The van der Waals surface area contributed by atoms with Crippen LogP contribution in [0.4, 0.5) is 0 Å². The summed E-state index contributed by atoms with van der Waals surface area (Å²) in [5.74, 6) is 0. The van der Waals surface area contributed by atoms with Crippen molar-refractivity contribution in [3.63, 3.8) is 0 Å². The van der Waals surface area contributed by atoms with Crippen molar-refractivity contribution in [1.29, 1.82) is 0 Å². The van der Waals surface area contributed by atoms with Crippen LogP contribution < -0.4 is 6.15 Å². The average molecular weight is 222 g/mol. The van der Waals surface area contributed by atoms with E-state index in [0.717, 1.165) is 0 Å². The van der Waals surface area contributed by atoms with Gasteiger partial charge in [0.2, 0.25) is 0 Å². The van der Waals surface area contributed by atoms with Gasteiger partial charge in [-0.3, -0.25) is 9.11 Å². The summed E-state index contributed by atoms with van der Waals surface area (Å²) in [4.78, 5) is 0. The smallest absolute Gasteiger partial charge is 0.344 e. The van der Waals surface area contributed by atoms with E-state index in [1.165, 1.54) is 0 Å². The quantitative estimate of drug-likeness (QED) is 0.378. The third-order valence-electron chi connectivity index (χ3n) is 0. The van der Waals surface area contributed by atoms with Gasteiger partial charge in [0.25, 0.3) is 0 Å². The molecule has 0 aromatic carbocycles. The fraction of sp³-hybridized carbons (Fsp3) is 0. The van der Waals surface area contributed by atoms with Crippen LogP contribution in [0.25, 0.3) is 0 Å². The molecule has 0 amide bonds. The number of rotatable bonds is 0. The van der Waals surface area contributed by atoms with Gasteiger partial charge in [-0.2, -0.15) is 8.42 Å². The van der Waals surface area contributed by atoms with Gasteiger partial charge in [-0.1, -0.05) is 0 Å². The summed E-state index contributed by atoms with van der Waals surface area (Å²) in [5, 5.41) is 0. The maximum atomic E-state index is 8.74. The Morgan fingerprint density at radius 2 is 1.12 bits per heavy atom. The van der Waals surface area contributed by atoms with Crippen LogP contribution in [-0.4, -0.2) is 17.5 Å². The van der Waals surface area contributed by atoms with Gasteiger partial charge in [0.1, 0.15) is 0 Å². The molecule has 0 aliphatic heterocycles. The Bertz CT molecular complexity index is 99.2. The van der Waals surface area contributed by atoms with E-state index >= 15 is 0 Å². The molecule has 0 aliphatic carbocycles. The minimum Gasteiger partial charge on any atom is -0.344 e. The molecule has 0 unspecified atom stereocenters.